The molecule has 8 heavy (non-hydrogen) atoms. The molecule has 0 aromatic rings. The number of alkyl halides is 1. The molecule has 0 aromatic carbocycles. The fourth-order valence-electron chi connectivity index (χ4n) is 0.630. The summed E-state index contributed by atoms with van der Waals surface area (Å²) in [6.07, 6.45) is 3.91. The Morgan fingerprint density at radius 1 is 1.50 bits per heavy atom. The third-order valence-corrected chi connectivity index (χ3v) is 1.84. The normalized spacial score (nSPS) is 13.9. The predicted molar refractivity (Wildman–Crippen MR) is 39.4 cm³/mol. The van der Waals surface area contributed by atoms with Gasteiger partial charge in [0.1, 0.15) is 0 Å². The van der Waals surface area contributed by atoms with Crippen molar-refractivity contribution in [3.05, 3.63) is 0 Å². The van der Waals surface area contributed by atoms with Gasteiger partial charge in [-0.3, -0.25) is 0 Å². The highest BCUT2D eigenvalue weighted by Gasteiger charge is 1.96. The van der Waals surface area contributed by atoms with E-state index in [9.17, 15) is 0 Å². The van der Waals surface area contributed by atoms with Crippen molar-refractivity contribution in [2.24, 2.45) is 5.92 Å². The van der Waals surface area contributed by atoms with Gasteiger partial charge in [0.05, 0.1) is 0 Å². The molecule has 0 nitrogen and oxygen atoms in total. The topological polar surface area (TPSA) is 0 Å². The van der Waals surface area contributed by atoms with Crippen molar-refractivity contribution >= 4 is 11.6 Å². The van der Waals surface area contributed by atoms with Crippen LogP contribution in [0, 0.1) is 5.92 Å². The minimum absolute atomic E-state index is 0.719. The van der Waals surface area contributed by atoms with Gasteiger partial charge in [-0.05, 0) is 12.3 Å². The molecular weight excluding hydrogens is 120 g/mol. The molecule has 1 heteroatoms. The van der Waals surface area contributed by atoms with E-state index in [1.165, 1.54) is 19.3 Å². The van der Waals surface area contributed by atoms with Crippen molar-refractivity contribution in [3.8, 4) is 0 Å². The van der Waals surface area contributed by atoms with E-state index >= 15 is 0 Å². The molecule has 50 valence electrons. The minimum Gasteiger partial charge on any atom is -0.126 e. The Morgan fingerprint density at radius 2 is 2.12 bits per heavy atom. The van der Waals surface area contributed by atoms with Crippen LogP contribution in [0.5, 0.6) is 0 Å². The number of unbranched alkanes of at least 4 members (excludes halogenated alkanes) is 1. The summed E-state index contributed by atoms with van der Waals surface area (Å²) in [5.41, 5.74) is 0. The SMILES string of the molecule is CCCCC(C)CCl. The summed E-state index contributed by atoms with van der Waals surface area (Å²) < 4.78 is 0. The lowest BCUT2D eigenvalue weighted by Crippen LogP contribution is -1.94. The molecule has 0 aliphatic heterocycles. The highest BCUT2D eigenvalue weighted by atomic mass is 35.5. The second-order valence-electron chi connectivity index (χ2n) is 2.40. The van der Waals surface area contributed by atoms with Crippen molar-refractivity contribution in [1.29, 1.82) is 0 Å². The number of hydrogen-bond acceptors (Lipinski definition) is 0. The molecule has 0 N–H and O–H groups in total. The van der Waals surface area contributed by atoms with Gasteiger partial charge in [-0.1, -0.05) is 26.7 Å². The molecular formula is C7H15Cl. The van der Waals surface area contributed by atoms with E-state index in [1.807, 2.05) is 0 Å². The fourth-order valence-corrected chi connectivity index (χ4v) is 0.784. The molecule has 0 aliphatic rings. The summed E-state index contributed by atoms with van der Waals surface area (Å²) in [5, 5.41) is 0. The standard InChI is InChI=1S/C7H15Cl/c1-3-4-5-7(2)6-8/h7H,3-6H2,1-2H3. The molecule has 0 saturated heterocycles. The second kappa shape index (κ2) is 5.43. The maximum Gasteiger partial charge on any atom is 0.0249 e. The molecule has 0 rings (SSSR count). The van der Waals surface area contributed by atoms with Crippen molar-refractivity contribution in [2.75, 3.05) is 5.88 Å². The van der Waals surface area contributed by atoms with Crippen molar-refractivity contribution in [1.82, 2.24) is 0 Å². The Morgan fingerprint density at radius 3 is 2.50 bits per heavy atom. The van der Waals surface area contributed by atoms with Gasteiger partial charge >= 0.3 is 0 Å². The number of hydrogen-bond donors (Lipinski definition) is 0. The third kappa shape index (κ3) is 4.45. The van der Waals surface area contributed by atoms with Crippen LogP contribution in [-0.2, 0) is 0 Å². The maximum absolute atomic E-state index is 5.59. The molecule has 0 fully saturated rings. The van der Waals surface area contributed by atoms with Crippen molar-refractivity contribution in [3.63, 3.8) is 0 Å². The number of rotatable bonds is 4. The fraction of sp³-hybridized carbons (Fsp3) is 1.00. The van der Waals surface area contributed by atoms with Crippen LogP contribution < -0.4 is 0 Å². The van der Waals surface area contributed by atoms with E-state index < -0.39 is 0 Å². The van der Waals surface area contributed by atoms with E-state index in [0.717, 1.165) is 11.8 Å². The minimum atomic E-state index is 0.719. The first-order chi connectivity index (χ1) is 3.81. The summed E-state index contributed by atoms with van der Waals surface area (Å²) in [7, 11) is 0. The molecule has 0 aliphatic carbocycles. The summed E-state index contributed by atoms with van der Waals surface area (Å²) >= 11 is 5.59. The first-order valence-corrected chi connectivity index (χ1v) is 3.90. The Kier molecular flexibility index (Phi) is 5.62. The zero-order chi connectivity index (χ0) is 6.41. The summed E-state index contributed by atoms with van der Waals surface area (Å²) in [5.74, 6) is 1.54. The smallest absolute Gasteiger partial charge is 0.0249 e. The quantitative estimate of drug-likeness (QED) is 0.519. The van der Waals surface area contributed by atoms with Crippen LogP contribution in [0.15, 0.2) is 0 Å². The van der Waals surface area contributed by atoms with Gasteiger partial charge < -0.3 is 0 Å². The van der Waals surface area contributed by atoms with Crippen LogP contribution in [0.4, 0.5) is 0 Å². The zero-order valence-corrected chi connectivity index (χ0v) is 6.54. The van der Waals surface area contributed by atoms with Crippen LogP contribution in [0.25, 0.3) is 0 Å². The molecule has 0 bridgehead atoms. The molecule has 0 amide bonds. The Labute approximate surface area is 57.2 Å². The summed E-state index contributed by atoms with van der Waals surface area (Å²) in [4.78, 5) is 0. The molecule has 0 saturated carbocycles. The average Bonchev–Trinajstić information content (AvgIpc) is 1.83. The summed E-state index contributed by atoms with van der Waals surface area (Å²) in [6.45, 7) is 4.41. The molecule has 0 spiro atoms. The molecule has 0 radical (unpaired) electrons. The van der Waals surface area contributed by atoms with E-state index in [2.05, 4.69) is 13.8 Å². The van der Waals surface area contributed by atoms with Gasteiger partial charge in [0.15, 0.2) is 0 Å². The van der Waals surface area contributed by atoms with E-state index in [-0.39, 0.29) is 0 Å². The lowest BCUT2D eigenvalue weighted by molar-refractivity contribution is 0.555. The highest BCUT2D eigenvalue weighted by Crippen LogP contribution is 2.07. The lowest BCUT2D eigenvalue weighted by Gasteiger charge is -2.03. The Bertz CT molecular complexity index is 43.7. The predicted octanol–water partition coefficient (Wildman–Crippen LogP) is 3.05. The molecule has 0 heterocycles. The van der Waals surface area contributed by atoms with Crippen LogP contribution >= 0.6 is 11.6 Å². The Hall–Kier alpha value is 0.290. The first-order valence-electron chi connectivity index (χ1n) is 3.37. The van der Waals surface area contributed by atoms with Crippen LogP contribution in [0.1, 0.15) is 33.1 Å². The first kappa shape index (κ1) is 8.29. The summed E-state index contributed by atoms with van der Waals surface area (Å²) in [6, 6.07) is 0. The van der Waals surface area contributed by atoms with Crippen LogP contribution in [0.3, 0.4) is 0 Å². The third-order valence-electron chi connectivity index (χ3n) is 1.31. The van der Waals surface area contributed by atoms with Crippen LogP contribution in [0.2, 0.25) is 0 Å². The second-order valence-corrected chi connectivity index (χ2v) is 2.71. The number of halogens is 1. The van der Waals surface area contributed by atoms with Gasteiger partial charge in [0.2, 0.25) is 0 Å². The zero-order valence-electron chi connectivity index (χ0n) is 5.78. The van der Waals surface area contributed by atoms with E-state index in [4.69, 9.17) is 11.6 Å². The van der Waals surface area contributed by atoms with E-state index in [0.29, 0.717) is 0 Å². The van der Waals surface area contributed by atoms with Gasteiger partial charge in [0, 0.05) is 5.88 Å². The lowest BCUT2D eigenvalue weighted by atomic mass is 10.1. The van der Waals surface area contributed by atoms with Crippen molar-refractivity contribution in [2.45, 2.75) is 33.1 Å². The molecule has 1 unspecified atom stereocenters. The maximum atomic E-state index is 5.59. The molecule has 0 aromatic heterocycles. The van der Waals surface area contributed by atoms with Gasteiger partial charge in [0.25, 0.3) is 0 Å². The largest absolute Gasteiger partial charge is 0.126 e. The van der Waals surface area contributed by atoms with Gasteiger partial charge in [-0.15, -0.1) is 11.6 Å². The Balaban J connectivity index is 2.86. The van der Waals surface area contributed by atoms with Gasteiger partial charge in [-0.25, -0.2) is 0 Å². The van der Waals surface area contributed by atoms with Crippen molar-refractivity contribution < 1.29 is 0 Å². The monoisotopic (exact) mass is 134 g/mol. The van der Waals surface area contributed by atoms with Crippen LogP contribution in [-0.4, -0.2) is 5.88 Å². The van der Waals surface area contributed by atoms with Gasteiger partial charge in [-0.2, -0.15) is 0 Å². The average molecular weight is 135 g/mol. The highest BCUT2D eigenvalue weighted by molar-refractivity contribution is 6.18. The van der Waals surface area contributed by atoms with E-state index in [1.54, 1.807) is 0 Å². The molecule has 1 atom stereocenters.